The molecule has 0 bridgehead atoms. The number of aliphatic hydroxyl groups excluding tert-OH is 1. The highest BCUT2D eigenvalue weighted by Gasteiger charge is 2.37. The third kappa shape index (κ3) is 5.66. The normalized spacial score (nSPS) is 13.6. The van der Waals surface area contributed by atoms with E-state index < -0.39 is 11.6 Å². The minimum Gasteiger partial charge on any atom is -0.457 e. The number of hydrogen-bond donors (Lipinski definition) is 3. The lowest BCUT2D eigenvalue weighted by Gasteiger charge is -2.30. The Kier molecular flexibility index (Phi) is 7.38. The van der Waals surface area contributed by atoms with Crippen molar-refractivity contribution in [2.75, 3.05) is 0 Å². The van der Waals surface area contributed by atoms with Gasteiger partial charge in [-0.3, -0.25) is 4.79 Å². The lowest BCUT2D eigenvalue weighted by molar-refractivity contribution is -0.127. The Balaban J connectivity index is 1.38. The van der Waals surface area contributed by atoms with E-state index in [-0.39, 0.29) is 31.7 Å². The zero-order chi connectivity index (χ0) is 27.4. The predicted molar refractivity (Wildman–Crippen MR) is 149 cm³/mol. The molecular weight excluding hydrogens is 494 g/mol. The molecule has 3 aromatic carbocycles. The molecule has 2 atom stereocenters. The van der Waals surface area contributed by atoms with Crippen LogP contribution in [0.5, 0.6) is 0 Å². The second-order valence-corrected chi connectivity index (χ2v) is 9.85. The van der Waals surface area contributed by atoms with Gasteiger partial charge in [0.1, 0.15) is 23.6 Å². The summed E-state index contributed by atoms with van der Waals surface area (Å²) >= 11 is 0. The van der Waals surface area contributed by atoms with Gasteiger partial charge in [-0.05, 0) is 43.2 Å². The molecule has 2 amide bonds. The zero-order valence-corrected chi connectivity index (χ0v) is 21.9. The van der Waals surface area contributed by atoms with Crippen molar-refractivity contribution in [2.45, 2.75) is 45.2 Å². The molecule has 0 aliphatic heterocycles. The first-order valence-electron chi connectivity index (χ1n) is 12.8. The van der Waals surface area contributed by atoms with E-state index in [4.69, 9.17) is 9.15 Å². The summed E-state index contributed by atoms with van der Waals surface area (Å²) in [7, 11) is 0. The smallest absolute Gasteiger partial charge is 0.408 e. The number of nitrogens with one attached hydrogen (secondary N) is 2. The molecule has 0 aliphatic rings. The first-order valence-corrected chi connectivity index (χ1v) is 12.8. The van der Waals surface area contributed by atoms with Crippen LogP contribution in [0, 0.1) is 0 Å². The van der Waals surface area contributed by atoms with Gasteiger partial charge in [-0.2, -0.15) is 0 Å². The lowest BCUT2D eigenvalue weighted by atomic mass is 9.91. The number of ether oxygens (including phenoxy) is 1. The maximum Gasteiger partial charge on any atom is 0.408 e. The van der Waals surface area contributed by atoms with Crippen LogP contribution in [-0.2, 0) is 29.3 Å². The molecule has 39 heavy (non-hydrogen) atoms. The number of alkyl carbamates (subject to hydrolysis) is 1. The summed E-state index contributed by atoms with van der Waals surface area (Å²) in [5, 5.41) is 17.5. The second-order valence-electron chi connectivity index (χ2n) is 9.85. The van der Waals surface area contributed by atoms with E-state index in [2.05, 4.69) is 10.6 Å². The van der Waals surface area contributed by atoms with Gasteiger partial charge in [-0.1, -0.05) is 66.7 Å². The molecule has 0 saturated heterocycles. The van der Waals surface area contributed by atoms with Crippen LogP contribution in [0.15, 0.2) is 95.5 Å². The van der Waals surface area contributed by atoms with Crippen LogP contribution in [0.2, 0.25) is 0 Å². The number of aromatic nitrogens is 1. The second kappa shape index (κ2) is 11.0. The van der Waals surface area contributed by atoms with Crippen LogP contribution in [-0.4, -0.2) is 27.2 Å². The maximum atomic E-state index is 13.7. The fourth-order valence-electron chi connectivity index (χ4n) is 4.83. The number of furan rings is 1. The number of fused-ring (bicyclic) bond motifs is 2. The van der Waals surface area contributed by atoms with Crippen molar-refractivity contribution < 1.29 is 23.8 Å². The van der Waals surface area contributed by atoms with Crippen LogP contribution < -0.4 is 10.6 Å². The van der Waals surface area contributed by atoms with Crippen molar-refractivity contribution in [2.24, 2.45) is 0 Å². The monoisotopic (exact) mass is 525 g/mol. The average molecular weight is 526 g/mol. The summed E-state index contributed by atoms with van der Waals surface area (Å²) < 4.78 is 12.9. The molecular formula is C31H31N3O5. The standard InChI is InChI=1S/C31H31N3O5/c1-21(22-10-4-3-5-11-22)32-29(36)31(2,17-24-18-34(20-35)27-14-8-7-13-26(24)27)33-30(37)38-19-25-16-23-12-6-9-15-28(23)39-25/h3-16,18,21,35H,17,19-20H2,1-2H3,(H,32,36)(H,33,37)/t21-,31+/m0/s1. The molecule has 200 valence electrons. The van der Waals surface area contributed by atoms with Gasteiger partial charge in [-0.25, -0.2) is 4.79 Å². The van der Waals surface area contributed by atoms with Gasteiger partial charge in [0.25, 0.3) is 0 Å². The number of nitrogens with zero attached hydrogens (tertiary/aromatic N) is 1. The molecule has 3 N–H and O–H groups in total. The molecule has 0 fully saturated rings. The number of hydrogen-bond acceptors (Lipinski definition) is 5. The number of aliphatic hydroxyl groups is 1. The molecule has 0 radical (unpaired) electrons. The fraction of sp³-hybridized carbons (Fsp3) is 0.226. The largest absolute Gasteiger partial charge is 0.457 e. The number of benzene rings is 3. The van der Waals surface area contributed by atoms with E-state index in [9.17, 15) is 14.7 Å². The highest BCUT2D eigenvalue weighted by molar-refractivity contribution is 5.92. The summed E-state index contributed by atoms with van der Waals surface area (Å²) in [6.07, 6.45) is 1.23. The Morgan fingerprint density at radius 3 is 2.51 bits per heavy atom. The van der Waals surface area contributed by atoms with Gasteiger partial charge in [0.15, 0.2) is 6.61 Å². The highest BCUT2D eigenvalue weighted by atomic mass is 16.6. The molecule has 0 spiro atoms. The number of carbonyl (C=O) groups excluding carboxylic acids is 2. The molecule has 0 saturated carbocycles. The Bertz CT molecular complexity index is 1570. The first kappa shape index (κ1) is 26.1. The predicted octanol–water partition coefficient (Wildman–Crippen LogP) is 5.44. The maximum absolute atomic E-state index is 13.7. The summed E-state index contributed by atoms with van der Waals surface area (Å²) in [5.41, 5.74) is 1.93. The van der Waals surface area contributed by atoms with E-state index in [0.29, 0.717) is 11.3 Å². The third-order valence-corrected chi connectivity index (χ3v) is 6.92. The Morgan fingerprint density at radius 1 is 1.03 bits per heavy atom. The van der Waals surface area contributed by atoms with Crippen molar-refractivity contribution in [3.05, 3.63) is 108 Å². The van der Waals surface area contributed by atoms with E-state index in [0.717, 1.165) is 27.4 Å². The average Bonchev–Trinajstić information content (AvgIpc) is 3.53. The molecule has 8 heteroatoms. The quantitative estimate of drug-likeness (QED) is 0.238. The minimum atomic E-state index is -1.36. The van der Waals surface area contributed by atoms with Crippen LogP contribution in [0.4, 0.5) is 4.79 Å². The van der Waals surface area contributed by atoms with Gasteiger partial charge >= 0.3 is 6.09 Å². The van der Waals surface area contributed by atoms with Crippen LogP contribution in [0.1, 0.15) is 36.8 Å². The van der Waals surface area contributed by atoms with Crippen molar-refractivity contribution in [3.8, 4) is 0 Å². The Morgan fingerprint density at radius 2 is 1.74 bits per heavy atom. The number of rotatable bonds is 9. The summed E-state index contributed by atoms with van der Waals surface area (Å²) in [5.74, 6) is 0.140. The van der Waals surface area contributed by atoms with Gasteiger partial charge < -0.3 is 29.5 Å². The van der Waals surface area contributed by atoms with Crippen molar-refractivity contribution >= 4 is 33.9 Å². The van der Waals surface area contributed by atoms with E-state index in [1.54, 1.807) is 17.7 Å². The summed E-state index contributed by atoms with van der Waals surface area (Å²) in [6.45, 7) is 3.28. The SMILES string of the molecule is C[C@H](NC(=O)[C@@](C)(Cc1cn(CO)c2ccccc12)NC(=O)OCc1cc2ccccc2o1)c1ccccc1. The van der Waals surface area contributed by atoms with Gasteiger partial charge in [0, 0.05) is 23.4 Å². The number of carbonyl (C=O) groups is 2. The molecule has 5 rings (SSSR count). The first-order chi connectivity index (χ1) is 18.9. The van der Waals surface area contributed by atoms with Crippen molar-refractivity contribution in [3.63, 3.8) is 0 Å². The Hall–Kier alpha value is -4.56. The third-order valence-electron chi connectivity index (χ3n) is 6.92. The summed E-state index contributed by atoms with van der Waals surface area (Å²) in [6, 6.07) is 26.3. The van der Waals surface area contributed by atoms with E-state index in [1.807, 2.05) is 91.9 Å². The van der Waals surface area contributed by atoms with E-state index >= 15 is 0 Å². The molecule has 0 unspecified atom stereocenters. The molecule has 5 aromatic rings. The molecule has 8 nitrogen and oxygen atoms in total. The Labute approximate surface area is 226 Å². The molecule has 2 heterocycles. The summed E-state index contributed by atoms with van der Waals surface area (Å²) in [4.78, 5) is 26.8. The van der Waals surface area contributed by atoms with E-state index in [1.165, 1.54) is 0 Å². The van der Waals surface area contributed by atoms with Gasteiger partial charge in [0.2, 0.25) is 5.91 Å². The topological polar surface area (TPSA) is 106 Å². The van der Waals surface area contributed by atoms with Crippen molar-refractivity contribution in [1.29, 1.82) is 0 Å². The number of amides is 2. The highest BCUT2D eigenvalue weighted by Crippen LogP contribution is 2.26. The number of para-hydroxylation sites is 2. The van der Waals surface area contributed by atoms with Crippen molar-refractivity contribution in [1.82, 2.24) is 15.2 Å². The lowest BCUT2D eigenvalue weighted by Crippen LogP contribution is -2.58. The van der Waals surface area contributed by atoms with Crippen LogP contribution in [0.3, 0.4) is 0 Å². The molecule has 2 aromatic heterocycles. The van der Waals surface area contributed by atoms with Gasteiger partial charge in [0.05, 0.1) is 11.6 Å². The zero-order valence-electron chi connectivity index (χ0n) is 21.9. The van der Waals surface area contributed by atoms with Gasteiger partial charge in [-0.15, -0.1) is 0 Å². The molecule has 0 aliphatic carbocycles. The van der Waals surface area contributed by atoms with Crippen LogP contribution in [0.25, 0.3) is 21.9 Å². The fourth-order valence-corrected chi connectivity index (χ4v) is 4.83. The minimum absolute atomic E-state index is 0.0809. The van der Waals surface area contributed by atoms with Crippen LogP contribution >= 0.6 is 0 Å².